The molecule has 104 valence electrons. The first-order chi connectivity index (χ1) is 8.24. The summed E-state index contributed by atoms with van der Waals surface area (Å²) in [5.74, 6) is 0.447. The molecule has 0 aliphatic rings. The van der Waals surface area contributed by atoms with Gasteiger partial charge in [-0.15, -0.1) is 11.6 Å². The second kappa shape index (κ2) is 11.4. The first-order valence-corrected chi connectivity index (χ1v) is 8.01. The minimum Gasteiger partial charge on any atom is -0.394 e. The second-order valence-electron chi connectivity index (χ2n) is 3.19. The maximum Gasteiger partial charge on any atom is 0.501 e. The zero-order chi connectivity index (χ0) is 13.0. The van der Waals surface area contributed by atoms with Crippen molar-refractivity contribution in [3.63, 3.8) is 0 Å². The molecule has 0 amide bonds. The van der Waals surface area contributed by atoms with Gasteiger partial charge in [0.1, 0.15) is 0 Å². The molecule has 0 aliphatic heterocycles. The van der Waals surface area contributed by atoms with Crippen molar-refractivity contribution in [2.24, 2.45) is 0 Å². The van der Waals surface area contributed by atoms with Crippen LogP contribution in [0.25, 0.3) is 0 Å². The molecule has 0 aromatic rings. The van der Waals surface area contributed by atoms with Gasteiger partial charge in [0, 0.05) is 11.9 Å². The van der Waals surface area contributed by atoms with Crippen LogP contribution in [0, 0.1) is 0 Å². The van der Waals surface area contributed by atoms with Crippen LogP contribution in [0.1, 0.15) is 6.42 Å². The molecule has 0 heterocycles. The summed E-state index contributed by atoms with van der Waals surface area (Å²) in [5, 5.41) is 26.3. The molecule has 0 spiro atoms. The summed E-state index contributed by atoms with van der Waals surface area (Å²) in [6.07, 6.45) is 0.649. The van der Waals surface area contributed by atoms with Gasteiger partial charge < -0.3 is 28.6 Å². The van der Waals surface area contributed by atoms with E-state index in [9.17, 15) is 0 Å². The maximum atomic E-state index is 8.77. The SMILES string of the molecule is OCCO[Si](CCCCl)(OCCO)OCCO. The van der Waals surface area contributed by atoms with E-state index in [0.29, 0.717) is 18.3 Å². The molecule has 6 nitrogen and oxygen atoms in total. The zero-order valence-corrected chi connectivity index (χ0v) is 11.6. The Balaban J connectivity index is 4.39. The Hall–Kier alpha value is 0.267. The predicted octanol–water partition coefficient (Wildman–Crippen LogP) is -0.419. The molecule has 0 saturated heterocycles. The van der Waals surface area contributed by atoms with Crippen LogP contribution >= 0.6 is 11.6 Å². The van der Waals surface area contributed by atoms with Gasteiger partial charge >= 0.3 is 8.80 Å². The zero-order valence-electron chi connectivity index (χ0n) is 9.81. The third kappa shape index (κ3) is 8.06. The molecule has 0 atom stereocenters. The predicted molar refractivity (Wildman–Crippen MR) is 65.0 cm³/mol. The van der Waals surface area contributed by atoms with Gasteiger partial charge in [0.05, 0.1) is 39.6 Å². The topological polar surface area (TPSA) is 88.4 Å². The van der Waals surface area contributed by atoms with Gasteiger partial charge in [-0.05, 0) is 6.42 Å². The normalized spacial score (nSPS) is 12.0. The van der Waals surface area contributed by atoms with Crippen LogP contribution in [0.4, 0.5) is 0 Å². The van der Waals surface area contributed by atoms with Crippen LogP contribution in [0.5, 0.6) is 0 Å². The number of hydrogen-bond acceptors (Lipinski definition) is 6. The summed E-state index contributed by atoms with van der Waals surface area (Å²) in [4.78, 5) is 0. The first-order valence-electron chi connectivity index (χ1n) is 5.55. The van der Waals surface area contributed by atoms with Crippen molar-refractivity contribution in [2.45, 2.75) is 12.5 Å². The van der Waals surface area contributed by atoms with Crippen LogP contribution in [0.2, 0.25) is 6.04 Å². The summed E-state index contributed by atoms with van der Waals surface area (Å²) in [7, 11) is -2.94. The fourth-order valence-corrected chi connectivity index (χ4v) is 4.09. The van der Waals surface area contributed by atoms with Gasteiger partial charge in [0.15, 0.2) is 0 Å². The minimum atomic E-state index is -2.94. The lowest BCUT2D eigenvalue weighted by Gasteiger charge is -2.29. The third-order valence-corrected chi connectivity index (χ3v) is 5.02. The van der Waals surface area contributed by atoms with Crippen LogP contribution in [0.3, 0.4) is 0 Å². The Morgan fingerprint density at radius 1 is 0.824 bits per heavy atom. The van der Waals surface area contributed by atoms with E-state index in [0.717, 1.165) is 0 Å². The van der Waals surface area contributed by atoms with Crippen molar-refractivity contribution in [3.05, 3.63) is 0 Å². The molecular formula is C9H21ClO6Si. The van der Waals surface area contributed by atoms with Crippen LogP contribution in [-0.2, 0) is 13.3 Å². The largest absolute Gasteiger partial charge is 0.501 e. The average molecular weight is 289 g/mol. The summed E-state index contributed by atoms with van der Waals surface area (Å²) in [6, 6.07) is 0.497. The summed E-state index contributed by atoms with van der Waals surface area (Å²) >= 11 is 5.62. The molecule has 0 fully saturated rings. The van der Waals surface area contributed by atoms with E-state index in [1.54, 1.807) is 0 Å². The smallest absolute Gasteiger partial charge is 0.394 e. The maximum absolute atomic E-state index is 8.77. The van der Waals surface area contributed by atoms with E-state index in [-0.39, 0.29) is 39.6 Å². The van der Waals surface area contributed by atoms with Gasteiger partial charge in [-0.2, -0.15) is 0 Å². The average Bonchev–Trinajstić information content (AvgIpc) is 2.37. The van der Waals surface area contributed by atoms with Crippen molar-refractivity contribution in [1.29, 1.82) is 0 Å². The van der Waals surface area contributed by atoms with Crippen molar-refractivity contribution < 1.29 is 28.6 Å². The summed E-state index contributed by atoms with van der Waals surface area (Å²) in [6.45, 7) is -0.107. The van der Waals surface area contributed by atoms with E-state index in [2.05, 4.69) is 0 Å². The molecular weight excluding hydrogens is 268 g/mol. The van der Waals surface area contributed by atoms with E-state index in [4.69, 9.17) is 40.2 Å². The fourth-order valence-electron chi connectivity index (χ4n) is 1.23. The number of alkyl halides is 1. The molecule has 0 aliphatic carbocycles. The van der Waals surface area contributed by atoms with Gasteiger partial charge in [-0.25, -0.2) is 0 Å². The third-order valence-electron chi connectivity index (χ3n) is 1.86. The Bertz CT molecular complexity index is 136. The minimum absolute atomic E-state index is 0.103. The molecule has 3 N–H and O–H groups in total. The highest BCUT2D eigenvalue weighted by Gasteiger charge is 2.40. The molecule has 0 rings (SSSR count). The lowest BCUT2D eigenvalue weighted by molar-refractivity contribution is 0.0279. The lowest BCUT2D eigenvalue weighted by Crippen LogP contribution is -2.47. The summed E-state index contributed by atoms with van der Waals surface area (Å²) in [5.41, 5.74) is 0. The number of halogens is 1. The van der Waals surface area contributed by atoms with E-state index in [1.807, 2.05) is 0 Å². The molecule has 8 heteroatoms. The molecule has 0 saturated carbocycles. The van der Waals surface area contributed by atoms with Crippen LogP contribution < -0.4 is 0 Å². The Labute approximate surface area is 107 Å². The van der Waals surface area contributed by atoms with Gasteiger partial charge in [0.2, 0.25) is 0 Å². The highest BCUT2D eigenvalue weighted by Crippen LogP contribution is 2.18. The van der Waals surface area contributed by atoms with Crippen LogP contribution in [0.15, 0.2) is 0 Å². The van der Waals surface area contributed by atoms with Crippen LogP contribution in [-0.4, -0.2) is 69.6 Å². The van der Waals surface area contributed by atoms with Crippen molar-refractivity contribution >= 4 is 20.4 Å². The van der Waals surface area contributed by atoms with Crippen molar-refractivity contribution in [2.75, 3.05) is 45.5 Å². The highest BCUT2D eigenvalue weighted by molar-refractivity contribution is 6.60. The molecule has 17 heavy (non-hydrogen) atoms. The Morgan fingerprint density at radius 3 is 1.53 bits per heavy atom. The molecule has 0 unspecified atom stereocenters. The van der Waals surface area contributed by atoms with Gasteiger partial charge in [-0.1, -0.05) is 0 Å². The fraction of sp³-hybridized carbons (Fsp3) is 1.00. The van der Waals surface area contributed by atoms with E-state index >= 15 is 0 Å². The molecule has 0 aromatic carbocycles. The monoisotopic (exact) mass is 288 g/mol. The lowest BCUT2D eigenvalue weighted by atomic mass is 10.6. The molecule has 0 radical (unpaired) electrons. The number of rotatable bonds is 12. The van der Waals surface area contributed by atoms with Gasteiger partial charge in [-0.3, -0.25) is 0 Å². The van der Waals surface area contributed by atoms with Gasteiger partial charge in [0.25, 0.3) is 0 Å². The van der Waals surface area contributed by atoms with E-state index in [1.165, 1.54) is 0 Å². The quantitative estimate of drug-likeness (QED) is 0.334. The molecule has 0 aromatic heterocycles. The van der Waals surface area contributed by atoms with Crippen molar-refractivity contribution in [3.8, 4) is 0 Å². The second-order valence-corrected chi connectivity index (χ2v) is 6.30. The number of aliphatic hydroxyl groups is 3. The highest BCUT2D eigenvalue weighted by atomic mass is 35.5. The molecule has 0 bridgehead atoms. The summed E-state index contributed by atoms with van der Waals surface area (Å²) < 4.78 is 16.3. The number of hydrogen-bond donors (Lipinski definition) is 3. The number of aliphatic hydroxyl groups excluding tert-OH is 3. The Morgan fingerprint density at radius 2 is 1.24 bits per heavy atom. The van der Waals surface area contributed by atoms with Crippen molar-refractivity contribution in [1.82, 2.24) is 0 Å². The van der Waals surface area contributed by atoms with E-state index < -0.39 is 8.80 Å². The first kappa shape index (κ1) is 17.3. The Kier molecular flexibility index (Phi) is 11.5. The standard InChI is InChI=1S/C9H21ClO6Si/c10-2-1-9-17(14-6-3-11,15-7-4-12)16-8-5-13/h11-13H,1-9H2.